The van der Waals surface area contributed by atoms with Crippen molar-refractivity contribution in [2.75, 3.05) is 6.61 Å². The zero-order valence-corrected chi connectivity index (χ0v) is 14.3. The number of carbonyl (C=O) groups is 1. The smallest absolute Gasteiger partial charge is 0.364 e. The average Bonchev–Trinajstić information content (AvgIpc) is 2.64. The minimum atomic E-state index is -0.694. The standard InChI is InChI=1S/C19H16FN3O3/c1-3-25-19(24)16-18(26-15-9-7-14(20)8-10-15)21-17(23-22-16)13-6-4-5-12(2)11-13/h4-11H,3H2,1-2H3. The largest absolute Gasteiger partial charge is 0.461 e. The van der Waals surface area contributed by atoms with Crippen molar-refractivity contribution in [3.05, 3.63) is 65.6 Å². The third-order valence-electron chi connectivity index (χ3n) is 3.43. The number of halogens is 1. The van der Waals surface area contributed by atoms with Gasteiger partial charge in [-0.1, -0.05) is 23.8 Å². The van der Waals surface area contributed by atoms with Crippen molar-refractivity contribution >= 4 is 5.97 Å². The Balaban J connectivity index is 2.02. The van der Waals surface area contributed by atoms with E-state index in [0.29, 0.717) is 11.6 Å². The van der Waals surface area contributed by atoms with Crippen LogP contribution in [0.15, 0.2) is 48.5 Å². The van der Waals surface area contributed by atoms with E-state index in [9.17, 15) is 9.18 Å². The third kappa shape index (κ3) is 4.00. The number of carbonyl (C=O) groups excluding carboxylic acids is 1. The molecular weight excluding hydrogens is 337 g/mol. The minimum absolute atomic E-state index is 0.0541. The summed E-state index contributed by atoms with van der Waals surface area (Å²) in [6.07, 6.45) is 0. The molecule has 26 heavy (non-hydrogen) atoms. The maximum atomic E-state index is 13.1. The summed E-state index contributed by atoms with van der Waals surface area (Å²) in [5.74, 6) is -0.530. The van der Waals surface area contributed by atoms with Crippen LogP contribution in [0.25, 0.3) is 11.4 Å². The van der Waals surface area contributed by atoms with Crippen LogP contribution in [0, 0.1) is 12.7 Å². The lowest BCUT2D eigenvalue weighted by molar-refractivity contribution is 0.0514. The molecular formula is C19H16FN3O3. The highest BCUT2D eigenvalue weighted by Crippen LogP contribution is 2.25. The second-order valence-corrected chi connectivity index (χ2v) is 5.44. The lowest BCUT2D eigenvalue weighted by Gasteiger charge is -2.10. The molecule has 3 aromatic rings. The number of nitrogens with zero attached hydrogens (tertiary/aromatic N) is 3. The number of hydrogen-bond acceptors (Lipinski definition) is 6. The Labute approximate surface area is 149 Å². The Morgan fingerprint density at radius 1 is 1.12 bits per heavy atom. The highest BCUT2D eigenvalue weighted by atomic mass is 19.1. The van der Waals surface area contributed by atoms with Crippen LogP contribution >= 0.6 is 0 Å². The first-order chi connectivity index (χ1) is 12.6. The van der Waals surface area contributed by atoms with Crippen LogP contribution in [0.1, 0.15) is 23.0 Å². The van der Waals surface area contributed by atoms with E-state index in [0.717, 1.165) is 11.1 Å². The van der Waals surface area contributed by atoms with Crippen molar-refractivity contribution in [2.45, 2.75) is 13.8 Å². The molecule has 3 rings (SSSR count). The molecule has 0 atom stereocenters. The molecule has 0 bridgehead atoms. The molecule has 0 spiro atoms. The van der Waals surface area contributed by atoms with Gasteiger partial charge in [0.05, 0.1) is 6.61 Å². The topological polar surface area (TPSA) is 74.2 Å². The van der Waals surface area contributed by atoms with Crippen LogP contribution in [0.5, 0.6) is 11.6 Å². The van der Waals surface area contributed by atoms with E-state index in [1.165, 1.54) is 24.3 Å². The van der Waals surface area contributed by atoms with Crippen molar-refractivity contribution in [2.24, 2.45) is 0 Å². The molecule has 0 radical (unpaired) electrons. The summed E-state index contributed by atoms with van der Waals surface area (Å²) < 4.78 is 23.7. The molecule has 0 fully saturated rings. The average molecular weight is 353 g/mol. The van der Waals surface area contributed by atoms with Crippen LogP contribution in [0.2, 0.25) is 0 Å². The summed E-state index contributed by atoms with van der Waals surface area (Å²) in [6, 6.07) is 12.9. The molecule has 0 aliphatic carbocycles. The van der Waals surface area contributed by atoms with Crippen LogP contribution < -0.4 is 4.74 Å². The first-order valence-electron chi connectivity index (χ1n) is 7.99. The SMILES string of the molecule is CCOC(=O)c1nnc(-c2cccc(C)c2)nc1Oc1ccc(F)cc1. The number of esters is 1. The van der Waals surface area contributed by atoms with Gasteiger partial charge in [0.1, 0.15) is 11.6 Å². The molecule has 0 unspecified atom stereocenters. The van der Waals surface area contributed by atoms with Crippen LogP contribution in [0.4, 0.5) is 4.39 Å². The van der Waals surface area contributed by atoms with Gasteiger partial charge in [-0.05, 0) is 44.2 Å². The van der Waals surface area contributed by atoms with Gasteiger partial charge < -0.3 is 9.47 Å². The van der Waals surface area contributed by atoms with Gasteiger partial charge in [0.15, 0.2) is 5.82 Å². The Morgan fingerprint density at radius 3 is 2.58 bits per heavy atom. The highest BCUT2D eigenvalue weighted by Gasteiger charge is 2.21. The van der Waals surface area contributed by atoms with Gasteiger partial charge in [-0.3, -0.25) is 0 Å². The molecule has 0 aliphatic rings. The Bertz CT molecular complexity index is 930. The number of hydrogen-bond donors (Lipinski definition) is 0. The van der Waals surface area contributed by atoms with Crippen molar-refractivity contribution < 1.29 is 18.7 Å². The Kier molecular flexibility index (Phi) is 5.17. The van der Waals surface area contributed by atoms with Gasteiger partial charge in [0, 0.05) is 5.56 Å². The number of benzene rings is 2. The quantitative estimate of drug-likeness (QED) is 0.647. The van der Waals surface area contributed by atoms with E-state index in [2.05, 4.69) is 15.2 Å². The summed E-state index contributed by atoms with van der Waals surface area (Å²) in [5.41, 5.74) is 1.62. The summed E-state index contributed by atoms with van der Waals surface area (Å²) in [6.45, 7) is 3.80. The Morgan fingerprint density at radius 2 is 1.88 bits per heavy atom. The summed E-state index contributed by atoms with van der Waals surface area (Å²) >= 11 is 0. The van der Waals surface area contributed by atoms with E-state index in [1.807, 2.05) is 31.2 Å². The number of rotatable bonds is 5. The van der Waals surface area contributed by atoms with Crippen molar-refractivity contribution in [3.63, 3.8) is 0 Å². The lowest BCUT2D eigenvalue weighted by Crippen LogP contribution is -2.12. The van der Waals surface area contributed by atoms with Crippen LogP contribution in [-0.4, -0.2) is 27.8 Å². The monoisotopic (exact) mass is 353 g/mol. The molecule has 2 aromatic carbocycles. The molecule has 0 saturated heterocycles. The predicted molar refractivity (Wildman–Crippen MR) is 92.4 cm³/mol. The van der Waals surface area contributed by atoms with E-state index in [1.54, 1.807) is 6.92 Å². The molecule has 7 heteroatoms. The van der Waals surface area contributed by atoms with Crippen LogP contribution in [-0.2, 0) is 4.74 Å². The van der Waals surface area contributed by atoms with E-state index >= 15 is 0 Å². The normalized spacial score (nSPS) is 10.4. The highest BCUT2D eigenvalue weighted by molar-refractivity contribution is 5.89. The van der Waals surface area contributed by atoms with Gasteiger partial charge in [-0.15, -0.1) is 10.2 Å². The van der Waals surface area contributed by atoms with Crippen molar-refractivity contribution in [1.82, 2.24) is 15.2 Å². The van der Waals surface area contributed by atoms with Crippen molar-refractivity contribution in [1.29, 1.82) is 0 Å². The molecule has 0 amide bonds. The molecule has 132 valence electrons. The van der Waals surface area contributed by atoms with E-state index < -0.39 is 11.8 Å². The summed E-state index contributed by atoms with van der Waals surface area (Å²) in [5, 5.41) is 7.94. The second-order valence-electron chi connectivity index (χ2n) is 5.44. The maximum Gasteiger partial charge on any atom is 0.364 e. The van der Waals surface area contributed by atoms with E-state index in [-0.39, 0.29) is 18.2 Å². The number of ether oxygens (including phenoxy) is 2. The fourth-order valence-electron chi connectivity index (χ4n) is 2.23. The second kappa shape index (κ2) is 7.69. The molecule has 0 aliphatic heterocycles. The zero-order valence-electron chi connectivity index (χ0n) is 14.3. The van der Waals surface area contributed by atoms with Gasteiger partial charge in [0.2, 0.25) is 5.69 Å². The maximum absolute atomic E-state index is 13.1. The van der Waals surface area contributed by atoms with Gasteiger partial charge in [-0.25, -0.2) is 9.18 Å². The molecule has 0 saturated carbocycles. The fraction of sp³-hybridized carbons (Fsp3) is 0.158. The molecule has 1 aromatic heterocycles. The zero-order chi connectivity index (χ0) is 18.5. The first-order valence-corrected chi connectivity index (χ1v) is 7.99. The van der Waals surface area contributed by atoms with E-state index in [4.69, 9.17) is 9.47 Å². The minimum Gasteiger partial charge on any atom is -0.461 e. The first kappa shape index (κ1) is 17.5. The van der Waals surface area contributed by atoms with Crippen molar-refractivity contribution in [3.8, 4) is 23.0 Å². The molecule has 0 N–H and O–H groups in total. The lowest BCUT2D eigenvalue weighted by atomic mass is 10.1. The summed E-state index contributed by atoms with van der Waals surface area (Å²) in [4.78, 5) is 16.4. The molecule has 6 nitrogen and oxygen atoms in total. The van der Waals surface area contributed by atoms with Crippen LogP contribution in [0.3, 0.4) is 0 Å². The third-order valence-corrected chi connectivity index (χ3v) is 3.43. The summed E-state index contributed by atoms with van der Waals surface area (Å²) in [7, 11) is 0. The number of aryl methyl sites for hydroxylation is 1. The van der Waals surface area contributed by atoms with Gasteiger partial charge in [-0.2, -0.15) is 4.98 Å². The van der Waals surface area contributed by atoms with Gasteiger partial charge >= 0.3 is 5.97 Å². The van der Waals surface area contributed by atoms with Gasteiger partial charge in [0.25, 0.3) is 5.88 Å². The molecule has 1 heterocycles. The fourth-order valence-corrected chi connectivity index (χ4v) is 2.23. The number of aromatic nitrogens is 3. The predicted octanol–water partition coefficient (Wildman–Crippen LogP) is 3.96. The Hall–Kier alpha value is -3.35.